The number of thiocarbonyl (C=S) groups is 1. The van der Waals surface area contributed by atoms with E-state index in [0.717, 1.165) is 44.4 Å². The Morgan fingerprint density at radius 1 is 1.53 bits per heavy atom. The van der Waals surface area contributed by atoms with Crippen molar-refractivity contribution in [1.29, 1.82) is 0 Å². The molecule has 0 saturated carbocycles. The minimum Gasteiger partial charge on any atom is -0.382 e. The molecule has 1 rings (SSSR count). The van der Waals surface area contributed by atoms with E-state index in [0.29, 0.717) is 0 Å². The molecule has 6 heteroatoms. The molecule has 19 heavy (non-hydrogen) atoms. The first-order valence-corrected chi connectivity index (χ1v) is 7.17. The van der Waals surface area contributed by atoms with Gasteiger partial charge in [-0.15, -0.1) is 0 Å². The zero-order valence-electron chi connectivity index (χ0n) is 12.1. The van der Waals surface area contributed by atoms with Gasteiger partial charge in [-0.1, -0.05) is 0 Å². The predicted molar refractivity (Wildman–Crippen MR) is 81.1 cm³/mol. The maximum Gasteiger partial charge on any atom is 0.169 e. The molecule has 0 aliphatic heterocycles. The van der Waals surface area contributed by atoms with E-state index in [-0.39, 0.29) is 0 Å². The summed E-state index contributed by atoms with van der Waals surface area (Å²) in [4.78, 5) is 2.03. The van der Waals surface area contributed by atoms with E-state index in [1.54, 1.807) is 0 Å². The Labute approximate surface area is 120 Å². The van der Waals surface area contributed by atoms with E-state index >= 15 is 0 Å². The molecule has 0 aliphatic carbocycles. The van der Waals surface area contributed by atoms with Crippen molar-refractivity contribution in [3.05, 3.63) is 18.0 Å². The molecular weight excluding hydrogens is 260 g/mol. The van der Waals surface area contributed by atoms with E-state index in [9.17, 15) is 0 Å². The summed E-state index contributed by atoms with van der Waals surface area (Å²) in [6, 6.07) is 2.03. The number of nitrogens with zero attached hydrogens (tertiary/aromatic N) is 3. The van der Waals surface area contributed by atoms with E-state index in [1.807, 2.05) is 35.8 Å². The SMILES string of the molecule is CCOCCCNC(=S)N(C)Cc1ccnn1CC. The molecule has 0 unspecified atom stereocenters. The molecule has 0 aromatic carbocycles. The van der Waals surface area contributed by atoms with Crippen LogP contribution in [-0.2, 0) is 17.8 Å². The number of ether oxygens (including phenoxy) is 1. The second-order valence-corrected chi connectivity index (χ2v) is 4.66. The first-order chi connectivity index (χ1) is 9.19. The van der Waals surface area contributed by atoms with Gasteiger partial charge in [0.15, 0.2) is 5.11 Å². The standard InChI is InChI=1S/C13H24N4OS/c1-4-17-12(7-9-15-17)11-16(3)13(19)14-8-6-10-18-5-2/h7,9H,4-6,8,10-11H2,1-3H3,(H,14,19). The molecule has 0 amide bonds. The van der Waals surface area contributed by atoms with Gasteiger partial charge < -0.3 is 15.0 Å². The fourth-order valence-electron chi connectivity index (χ4n) is 1.74. The fraction of sp³-hybridized carbons (Fsp3) is 0.692. The first-order valence-electron chi connectivity index (χ1n) is 6.76. The van der Waals surface area contributed by atoms with E-state index in [1.165, 1.54) is 5.69 Å². The summed E-state index contributed by atoms with van der Waals surface area (Å²) in [6.07, 6.45) is 2.79. The molecule has 1 N–H and O–H groups in total. The highest BCUT2D eigenvalue weighted by Crippen LogP contribution is 2.03. The van der Waals surface area contributed by atoms with Crippen LogP contribution in [0.3, 0.4) is 0 Å². The Bertz CT molecular complexity index is 380. The summed E-state index contributed by atoms with van der Waals surface area (Å²) in [5.41, 5.74) is 1.17. The number of hydrogen-bond acceptors (Lipinski definition) is 3. The highest BCUT2D eigenvalue weighted by atomic mass is 32.1. The summed E-state index contributed by atoms with van der Waals surface area (Å²) < 4.78 is 7.26. The van der Waals surface area contributed by atoms with E-state index in [2.05, 4.69) is 17.3 Å². The molecular formula is C13H24N4OS. The number of aryl methyl sites for hydroxylation is 1. The highest BCUT2D eigenvalue weighted by Gasteiger charge is 2.07. The molecule has 0 spiro atoms. The smallest absolute Gasteiger partial charge is 0.169 e. The van der Waals surface area contributed by atoms with Crippen LogP contribution in [0.2, 0.25) is 0 Å². The third-order valence-electron chi connectivity index (χ3n) is 2.80. The Morgan fingerprint density at radius 3 is 3.00 bits per heavy atom. The van der Waals surface area contributed by atoms with Crippen molar-refractivity contribution in [2.45, 2.75) is 33.4 Å². The lowest BCUT2D eigenvalue weighted by Crippen LogP contribution is -2.37. The maximum absolute atomic E-state index is 5.35. The van der Waals surface area contributed by atoms with Crippen molar-refractivity contribution in [2.24, 2.45) is 0 Å². The van der Waals surface area contributed by atoms with Gasteiger partial charge in [-0.25, -0.2) is 0 Å². The predicted octanol–water partition coefficient (Wildman–Crippen LogP) is 1.64. The van der Waals surface area contributed by atoms with Gasteiger partial charge >= 0.3 is 0 Å². The highest BCUT2D eigenvalue weighted by molar-refractivity contribution is 7.80. The van der Waals surface area contributed by atoms with Gasteiger partial charge in [-0.2, -0.15) is 5.10 Å². The van der Waals surface area contributed by atoms with Gasteiger partial charge in [0.25, 0.3) is 0 Å². The summed E-state index contributed by atoms with van der Waals surface area (Å²) >= 11 is 5.35. The second kappa shape index (κ2) is 8.87. The zero-order chi connectivity index (χ0) is 14.1. The van der Waals surface area contributed by atoms with E-state index < -0.39 is 0 Å². The van der Waals surface area contributed by atoms with Crippen molar-refractivity contribution in [1.82, 2.24) is 20.0 Å². The number of rotatable bonds is 8. The van der Waals surface area contributed by atoms with Crippen LogP contribution >= 0.6 is 12.2 Å². The number of hydrogen-bond donors (Lipinski definition) is 1. The lowest BCUT2D eigenvalue weighted by atomic mass is 10.4. The third kappa shape index (κ3) is 5.57. The molecule has 1 heterocycles. The second-order valence-electron chi connectivity index (χ2n) is 4.28. The van der Waals surface area contributed by atoms with Gasteiger partial charge in [0.2, 0.25) is 0 Å². The molecule has 1 aromatic rings. The van der Waals surface area contributed by atoms with Crippen LogP contribution in [0.5, 0.6) is 0 Å². The Morgan fingerprint density at radius 2 is 2.32 bits per heavy atom. The normalized spacial score (nSPS) is 10.5. The Kier molecular flexibility index (Phi) is 7.43. The third-order valence-corrected chi connectivity index (χ3v) is 3.25. The fourth-order valence-corrected chi connectivity index (χ4v) is 1.91. The topological polar surface area (TPSA) is 42.3 Å². The van der Waals surface area contributed by atoms with Crippen molar-refractivity contribution in [3.8, 4) is 0 Å². The summed E-state index contributed by atoms with van der Waals surface area (Å²) in [5, 5.41) is 8.26. The molecule has 1 aromatic heterocycles. The lowest BCUT2D eigenvalue weighted by molar-refractivity contribution is 0.145. The van der Waals surface area contributed by atoms with Crippen LogP contribution in [-0.4, -0.2) is 46.6 Å². The monoisotopic (exact) mass is 284 g/mol. The van der Waals surface area contributed by atoms with Crippen LogP contribution in [0.15, 0.2) is 12.3 Å². The summed E-state index contributed by atoms with van der Waals surface area (Å²) in [7, 11) is 1.99. The average Bonchev–Trinajstić information content (AvgIpc) is 2.85. The first kappa shape index (κ1) is 15.9. The van der Waals surface area contributed by atoms with Gasteiger partial charge in [-0.05, 0) is 38.6 Å². The van der Waals surface area contributed by atoms with Gasteiger partial charge in [0.1, 0.15) is 0 Å². The van der Waals surface area contributed by atoms with Crippen LogP contribution < -0.4 is 5.32 Å². The lowest BCUT2D eigenvalue weighted by Gasteiger charge is -2.21. The molecule has 5 nitrogen and oxygen atoms in total. The van der Waals surface area contributed by atoms with Crippen molar-refractivity contribution < 1.29 is 4.74 Å². The summed E-state index contributed by atoms with van der Waals surface area (Å²) in [5.74, 6) is 0. The Balaban J connectivity index is 2.28. The molecule has 0 aliphatic rings. The van der Waals surface area contributed by atoms with Gasteiger partial charge in [0.05, 0.1) is 12.2 Å². The van der Waals surface area contributed by atoms with Crippen molar-refractivity contribution in [2.75, 3.05) is 26.8 Å². The largest absolute Gasteiger partial charge is 0.382 e. The molecule has 0 fully saturated rings. The molecule has 0 bridgehead atoms. The molecule has 0 saturated heterocycles. The minimum absolute atomic E-state index is 0.764. The van der Waals surface area contributed by atoms with Crippen molar-refractivity contribution >= 4 is 17.3 Å². The van der Waals surface area contributed by atoms with Crippen LogP contribution in [0, 0.1) is 0 Å². The molecule has 0 atom stereocenters. The quantitative estimate of drug-likeness (QED) is 0.580. The number of aromatic nitrogens is 2. The van der Waals surface area contributed by atoms with Gasteiger partial charge in [0, 0.05) is 39.5 Å². The maximum atomic E-state index is 5.35. The van der Waals surface area contributed by atoms with Crippen LogP contribution in [0.1, 0.15) is 26.0 Å². The Hall–Kier alpha value is -1.14. The van der Waals surface area contributed by atoms with Crippen LogP contribution in [0.4, 0.5) is 0 Å². The average molecular weight is 284 g/mol. The zero-order valence-corrected chi connectivity index (χ0v) is 12.9. The minimum atomic E-state index is 0.764. The van der Waals surface area contributed by atoms with Crippen LogP contribution in [0.25, 0.3) is 0 Å². The number of nitrogens with one attached hydrogen (secondary N) is 1. The molecule has 0 radical (unpaired) electrons. The van der Waals surface area contributed by atoms with E-state index in [4.69, 9.17) is 17.0 Å². The van der Waals surface area contributed by atoms with Gasteiger partial charge in [-0.3, -0.25) is 4.68 Å². The molecule has 108 valence electrons. The summed E-state index contributed by atoms with van der Waals surface area (Å²) in [6.45, 7) is 8.12. The van der Waals surface area contributed by atoms with Crippen molar-refractivity contribution in [3.63, 3.8) is 0 Å².